The van der Waals surface area contributed by atoms with E-state index in [1.54, 1.807) is 0 Å². The number of hydrogen-bond donors (Lipinski definition) is 2. The van der Waals surface area contributed by atoms with Gasteiger partial charge >= 0.3 is 0 Å². The molecule has 1 aromatic carbocycles. The first-order chi connectivity index (χ1) is 8.68. The smallest absolute Gasteiger partial charge is 0.274 e. The topological polar surface area (TPSA) is 61.5 Å². The van der Waals surface area contributed by atoms with Crippen LogP contribution in [0.15, 0.2) is 35.1 Å². The number of nitrogens with one attached hydrogen (secondary N) is 2. The minimum atomic E-state index is -0.154. The van der Waals surface area contributed by atoms with Gasteiger partial charge in [-0.15, -0.1) is 0 Å². The third kappa shape index (κ3) is 1.46. The molecule has 2 aromatic heterocycles. The number of nitrogens with zero attached hydrogens (tertiary/aromatic N) is 1. The van der Waals surface area contributed by atoms with Crippen molar-refractivity contribution in [3.8, 4) is 11.3 Å². The molecular formula is C14H13N3O. The van der Waals surface area contributed by atoms with Crippen molar-refractivity contribution in [1.82, 2.24) is 15.2 Å². The van der Waals surface area contributed by atoms with Crippen molar-refractivity contribution in [2.24, 2.45) is 0 Å². The zero-order valence-electron chi connectivity index (χ0n) is 10.2. The molecule has 0 atom stereocenters. The number of hydrogen-bond acceptors (Lipinski definition) is 2. The van der Waals surface area contributed by atoms with Crippen LogP contribution in [0.1, 0.15) is 11.4 Å². The number of H-pyrrole nitrogens is 2. The highest BCUT2D eigenvalue weighted by Crippen LogP contribution is 2.28. The summed E-state index contributed by atoms with van der Waals surface area (Å²) >= 11 is 0. The minimum Gasteiger partial charge on any atom is -0.357 e. The lowest BCUT2D eigenvalue weighted by molar-refractivity contribution is 0.971. The van der Waals surface area contributed by atoms with E-state index in [1.165, 1.54) is 0 Å². The van der Waals surface area contributed by atoms with Crippen molar-refractivity contribution in [2.45, 2.75) is 13.8 Å². The molecule has 2 N–H and O–H groups in total. The molecule has 0 fully saturated rings. The third-order valence-corrected chi connectivity index (χ3v) is 3.16. The normalized spacial score (nSPS) is 11.0. The number of aryl methyl sites for hydroxylation is 2. The number of fused-ring (bicyclic) bond motifs is 1. The molecule has 0 aliphatic carbocycles. The largest absolute Gasteiger partial charge is 0.357 e. The second-order valence-electron chi connectivity index (χ2n) is 4.38. The van der Waals surface area contributed by atoms with Crippen LogP contribution in [0.4, 0.5) is 0 Å². The van der Waals surface area contributed by atoms with Gasteiger partial charge < -0.3 is 4.98 Å². The molecule has 0 saturated heterocycles. The predicted octanol–water partition coefficient (Wildman–Crippen LogP) is 2.54. The van der Waals surface area contributed by atoms with E-state index in [0.717, 1.165) is 28.0 Å². The fraction of sp³-hybridized carbons (Fsp3) is 0.143. The van der Waals surface area contributed by atoms with Gasteiger partial charge in [-0.05, 0) is 19.4 Å². The van der Waals surface area contributed by atoms with Gasteiger partial charge in [0.2, 0.25) is 0 Å². The molecular weight excluding hydrogens is 226 g/mol. The SMILES string of the molecule is Cc1n[nH]c(=O)c2c(-c3ccccc3)[nH]c(C)c12. The molecule has 0 unspecified atom stereocenters. The van der Waals surface area contributed by atoms with Crippen LogP contribution in [-0.4, -0.2) is 15.2 Å². The summed E-state index contributed by atoms with van der Waals surface area (Å²) in [5, 5.41) is 8.16. The summed E-state index contributed by atoms with van der Waals surface area (Å²) in [6.45, 7) is 3.86. The molecule has 4 nitrogen and oxygen atoms in total. The van der Waals surface area contributed by atoms with E-state index in [-0.39, 0.29) is 5.56 Å². The van der Waals surface area contributed by atoms with Gasteiger partial charge in [0.25, 0.3) is 5.56 Å². The average molecular weight is 239 g/mol. The van der Waals surface area contributed by atoms with Gasteiger partial charge in [-0.2, -0.15) is 5.10 Å². The molecule has 4 heteroatoms. The van der Waals surface area contributed by atoms with Gasteiger partial charge in [-0.25, -0.2) is 5.10 Å². The maximum atomic E-state index is 12.0. The van der Waals surface area contributed by atoms with Crippen molar-refractivity contribution in [3.05, 3.63) is 52.1 Å². The van der Waals surface area contributed by atoms with Crippen LogP contribution < -0.4 is 5.56 Å². The lowest BCUT2D eigenvalue weighted by Crippen LogP contribution is -2.09. The Balaban J connectivity index is 2.46. The van der Waals surface area contributed by atoms with Gasteiger partial charge in [-0.3, -0.25) is 4.79 Å². The predicted molar refractivity (Wildman–Crippen MR) is 71.6 cm³/mol. The van der Waals surface area contributed by atoms with Crippen LogP contribution in [0.5, 0.6) is 0 Å². The molecule has 0 bridgehead atoms. The molecule has 0 aliphatic rings. The Morgan fingerprint density at radius 1 is 1.06 bits per heavy atom. The molecule has 18 heavy (non-hydrogen) atoms. The van der Waals surface area contributed by atoms with Gasteiger partial charge in [-0.1, -0.05) is 30.3 Å². The number of benzene rings is 1. The van der Waals surface area contributed by atoms with E-state index in [1.807, 2.05) is 44.2 Å². The summed E-state index contributed by atoms with van der Waals surface area (Å²) in [7, 11) is 0. The Labute approximate surface area is 104 Å². The monoisotopic (exact) mass is 239 g/mol. The van der Waals surface area contributed by atoms with Crippen LogP contribution >= 0.6 is 0 Å². The molecule has 3 aromatic rings. The third-order valence-electron chi connectivity index (χ3n) is 3.16. The first-order valence-corrected chi connectivity index (χ1v) is 5.81. The van der Waals surface area contributed by atoms with Crippen molar-refractivity contribution in [2.75, 3.05) is 0 Å². The average Bonchev–Trinajstić information content (AvgIpc) is 2.74. The fourth-order valence-electron chi connectivity index (χ4n) is 2.37. The fourth-order valence-corrected chi connectivity index (χ4v) is 2.37. The molecule has 0 saturated carbocycles. The Kier molecular flexibility index (Phi) is 2.30. The second kappa shape index (κ2) is 3.84. The quantitative estimate of drug-likeness (QED) is 0.685. The lowest BCUT2D eigenvalue weighted by Gasteiger charge is -1.99. The summed E-state index contributed by atoms with van der Waals surface area (Å²) in [5.41, 5.74) is 3.51. The highest BCUT2D eigenvalue weighted by molar-refractivity contribution is 5.98. The molecule has 0 radical (unpaired) electrons. The zero-order valence-corrected chi connectivity index (χ0v) is 10.2. The van der Waals surface area contributed by atoms with Crippen molar-refractivity contribution >= 4 is 10.8 Å². The Bertz CT molecular complexity index is 769. The van der Waals surface area contributed by atoms with E-state index >= 15 is 0 Å². The van der Waals surface area contributed by atoms with Crippen molar-refractivity contribution < 1.29 is 0 Å². The standard InChI is InChI=1S/C14H13N3O/c1-8-11-9(2)16-17-14(18)12(11)13(15-8)10-6-4-3-5-7-10/h3-7,15H,1-2H3,(H,17,18). The van der Waals surface area contributed by atoms with E-state index in [2.05, 4.69) is 15.2 Å². The Morgan fingerprint density at radius 2 is 1.78 bits per heavy atom. The van der Waals surface area contributed by atoms with Gasteiger partial charge in [0.15, 0.2) is 0 Å². The minimum absolute atomic E-state index is 0.154. The molecule has 3 rings (SSSR count). The molecule has 2 heterocycles. The summed E-state index contributed by atoms with van der Waals surface area (Å²) in [5.74, 6) is 0. The lowest BCUT2D eigenvalue weighted by atomic mass is 10.1. The maximum absolute atomic E-state index is 12.0. The highest BCUT2D eigenvalue weighted by atomic mass is 16.1. The first kappa shape index (κ1) is 10.8. The van der Waals surface area contributed by atoms with E-state index in [9.17, 15) is 4.79 Å². The summed E-state index contributed by atoms with van der Waals surface area (Å²) in [6, 6.07) is 9.84. The Morgan fingerprint density at radius 3 is 2.50 bits per heavy atom. The van der Waals surface area contributed by atoms with Crippen LogP contribution in [0.3, 0.4) is 0 Å². The molecule has 90 valence electrons. The zero-order chi connectivity index (χ0) is 12.7. The molecule has 0 spiro atoms. The van der Waals surface area contributed by atoms with Crippen LogP contribution in [-0.2, 0) is 0 Å². The highest BCUT2D eigenvalue weighted by Gasteiger charge is 2.14. The maximum Gasteiger partial charge on any atom is 0.274 e. The number of rotatable bonds is 1. The first-order valence-electron chi connectivity index (χ1n) is 5.81. The van der Waals surface area contributed by atoms with Crippen LogP contribution in [0.2, 0.25) is 0 Å². The summed E-state index contributed by atoms with van der Waals surface area (Å²) < 4.78 is 0. The van der Waals surface area contributed by atoms with Crippen LogP contribution in [0.25, 0.3) is 22.0 Å². The summed E-state index contributed by atoms with van der Waals surface area (Å²) in [4.78, 5) is 15.3. The number of aromatic amines is 2. The van der Waals surface area contributed by atoms with E-state index < -0.39 is 0 Å². The van der Waals surface area contributed by atoms with Crippen molar-refractivity contribution in [1.29, 1.82) is 0 Å². The summed E-state index contributed by atoms with van der Waals surface area (Å²) in [6.07, 6.45) is 0. The molecule has 0 aliphatic heterocycles. The van der Waals surface area contributed by atoms with E-state index in [4.69, 9.17) is 0 Å². The van der Waals surface area contributed by atoms with Gasteiger partial charge in [0.05, 0.1) is 16.8 Å². The number of aromatic nitrogens is 3. The van der Waals surface area contributed by atoms with Crippen molar-refractivity contribution in [3.63, 3.8) is 0 Å². The van der Waals surface area contributed by atoms with E-state index in [0.29, 0.717) is 5.39 Å². The Hall–Kier alpha value is -2.36. The van der Waals surface area contributed by atoms with Gasteiger partial charge in [0.1, 0.15) is 0 Å². The van der Waals surface area contributed by atoms with Gasteiger partial charge in [0, 0.05) is 11.1 Å². The van der Waals surface area contributed by atoms with Crippen LogP contribution in [0, 0.1) is 13.8 Å². The molecule has 0 amide bonds. The second-order valence-corrected chi connectivity index (χ2v) is 4.38.